The summed E-state index contributed by atoms with van der Waals surface area (Å²) in [6, 6.07) is 5.55. The first-order valence-corrected chi connectivity index (χ1v) is 8.93. The van der Waals surface area contributed by atoms with E-state index in [1.165, 1.54) is 0 Å². The molecule has 0 aromatic carbocycles. The molecule has 3 aromatic heterocycles. The molecule has 8 heteroatoms. The van der Waals surface area contributed by atoms with Crippen molar-refractivity contribution in [2.24, 2.45) is 0 Å². The standard InChI is InChI=1S/C18H21N5O3/c24-17(23-10-2-4-13(12-23)14-8-9-19-21-14)7-1-6-16-20-18(22-26-16)15-5-3-11-25-15/h3,5,8-9,11,13H,1-2,4,6-7,10,12H2,(H,19,21)/t13-/m1/s1. The molecule has 0 radical (unpaired) electrons. The van der Waals surface area contributed by atoms with Gasteiger partial charge in [0.25, 0.3) is 0 Å². The Bertz CT molecular complexity index is 825. The summed E-state index contributed by atoms with van der Waals surface area (Å²) < 4.78 is 10.5. The Labute approximate surface area is 150 Å². The van der Waals surface area contributed by atoms with Crippen molar-refractivity contribution >= 4 is 5.91 Å². The summed E-state index contributed by atoms with van der Waals surface area (Å²) in [6.45, 7) is 1.58. The van der Waals surface area contributed by atoms with Crippen LogP contribution in [0.3, 0.4) is 0 Å². The molecule has 0 spiro atoms. The normalized spacial score (nSPS) is 17.5. The third kappa shape index (κ3) is 3.68. The quantitative estimate of drug-likeness (QED) is 0.729. The first-order valence-electron chi connectivity index (χ1n) is 8.93. The predicted molar refractivity (Wildman–Crippen MR) is 92.1 cm³/mol. The average molecular weight is 355 g/mol. The van der Waals surface area contributed by atoms with Crippen LogP contribution >= 0.6 is 0 Å². The molecule has 1 amide bonds. The Balaban J connectivity index is 1.26. The molecule has 0 aliphatic carbocycles. The van der Waals surface area contributed by atoms with Crippen molar-refractivity contribution in [3.05, 3.63) is 42.2 Å². The first-order chi connectivity index (χ1) is 12.8. The van der Waals surface area contributed by atoms with Gasteiger partial charge in [0, 0.05) is 43.7 Å². The van der Waals surface area contributed by atoms with Crippen LogP contribution < -0.4 is 0 Å². The highest BCUT2D eigenvalue weighted by Gasteiger charge is 2.25. The number of carbonyl (C=O) groups excluding carboxylic acids is 1. The molecule has 8 nitrogen and oxygen atoms in total. The number of rotatable bonds is 6. The van der Waals surface area contributed by atoms with Crippen LogP contribution in [0.25, 0.3) is 11.6 Å². The van der Waals surface area contributed by atoms with Crippen LogP contribution in [0.1, 0.15) is 43.2 Å². The van der Waals surface area contributed by atoms with E-state index in [-0.39, 0.29) is 5.91 Å². The number of hydrogen-bond donors (Lipinski definition) is 1. The second kappa shape index (κ2) is 7.55. The summed E-state index contributed by atoms with van der Waals surface area (Å²) in [5, 5.41) is 10.9. The van der Waals surface area contributed by atoms with E-state index in [1.807, 2.05) is 11.0 Å². The van der Waals surface area contributed by atoms with Gasteiger partial charge in [-0.3, -0.25) is 9.89 Å². The van der Waals surface area contributed by atoms with Crippen molar-refractivity contribution in [1.82, 2.24) is 25.2 Å². The summed E-state index contributed by atoms with van der Waals surface area (Å²) in [7, 11) is 0. The second-order valence-corrected chi connectivity index (χ2v) is 6.53. The van der Waals surface area contributed by atoms with Crippen molar-refractivity contribution in [3.8, 4) is 11.6 Å². The minimum absolute atomic E-state index is 0.181. The number of nitrogens with one attached hydrogen (secondary N) is 1. The Kier molecular flexibility index (Phi) is 4.81. The van der Waals surface area contributed by atoms with Gasteiger partial charge in [0.15, 0.2) is 5.76 Å². The molecule has 0 saturated carbocycles. The van der Waals surface area contributed by atoms with E-state index in [0.717, 1.165) is 31.6 Å². The molecule has 1 saturated heterocycles. The van der Waals surface area contributed by atoms with Crippen LogP contribution in [0.2, 0.25) is 0 Å². The van der Waals surface area contributed by atoms with E-state index < -0.39 is 0 Å². The maximum absolute atomic E-state index is 12.5. The first kappa shape index (κ1) is 16.6. The van der Waals surface area contributed by atoms with Crippen molar-refractivity contribution in [3.63, 3.8) is 0 Å². The maximum Gasteiger partial charge on any atom is 0.238 e. The van der Waals surface area contributed by atoms with E-state index in [0.29, 0.717) is 42.7 Å². The summed E-state index contributed by atoms with van der Waals surface area (Å²) in [4.78, 5) is 18.8. The van der Waals surface area contributed by atoms with Crippen LogP contribution in [0.5, 0.6) is 0 Å². The minimum Gasteiger partial charge on any atom is -0.461 e. The molecule has 3 aromatic rings. The zero-order valence-corrected chi connectivity index (χ0v) is 14.4. The zero-order chi connectivity index (χ0) is 17.8. The number of likely N-dealkylation sites (tertiary alicyclic amines) is 1. The molecule has 1 N–H and O–H groups in total. The number of nitrogens with zero attached hydrogens (tertiary/aromatic N) is 4. The fourth-order valence-corrected chi connectivity index (χ4v) is 3.36. The molecule has 1 fully saturated rings. The summed E-state index contributed by atoms with van der Waals surface area (Å²) in [6.07, 6.45) is 7.18. The summed E-state index contributed by atoms with van der Waals surface area (Å²) in [5.41, 5.74) is 1.11. The highest BCUT2D eigenvalue weighted by atomic mass is 16.5. The van der Waals surface area contributed by atoms with E-state index >= 15 is 0 Å². The van der Waals surface area contributed by atoms with Gasteiger partial charge in [0.05, 0.1) is 6.26 Å². The number of aryl methyl sites for hydroxylation is 1. The molecule has 26 heavy (non-hydrogen) atoms. The number of amides is 1. The van der Waals surface area contributed by atoms with Crippen LogP contribution in [-0.2, 0) is 11.2 Å². The van der Waals surface area contributed by atoms with Gasteiger partial charge in [-0.1, -0.05) is 5.16 Å². The summed E-state index contributed by atoms with van der Waals surface area (Å²) in [5.74, 6) is 2.07. The van der Waals surface area contributed by atoms with Crippen molar-refractivity contribution in [1.29, 1.82) is 0 Å². The molecule has 4 rings (SSSR count). The molecule has 136 valence electrons. The van der Waals surface area contributed by atoms with Gasteiger partial charge in [0.2, 0.25) is 17.6 Å². The molecule has 0 bridgehead atoms. The fourth-order valence-electron chi connectivity index (χ4n) is 3.36. The molecule has 4 heterocycles. The number of aromatic nitrogens is 4. The number of carbonyl (C=O) groups is 1. The number of H-pyrrole nitrogens is 1. The zero-order valence-electron chi connectivity index (χ0n) is 14.4. The lowest BCUT2D eigenvalue weighted by Crippen LogP contribution is -2.39. The third-order valence-corrected chi connectivity index (χ3v) is 4.73. The topological polar surface area (TPSA) is 101 Å². The van der Waals surface area contributed by atoms with Gasteiger partial charge in [-0.2, -0.15) is 10.1 Å². The molecular weight excluding hydrogens is 334 g/mol. The molecule has 1 aliphatic heterocycles. The third-order valence-electron chi connectivity index (χ3n) is 4.73. The largest absolute Gasteiger partial charge is 0.461 e. The highest BCUT2D eigenvalue weighted by Crippen LogP contribution is 2.25. The average Bonchev–Trinajstić information content (AvgIpc) is 3.43. The van der Waals surface area contributed by atoms with Crippen molar-refractivity contribution in [2.75, 3.05) is 13.1 Å². The molecular formula is C18H21N5O3. The highest BCUT2D eigenvalue weighted by molar-refractivity contribution is 5.76. The van der Waals surface area contributed by atoms with Crippen LogP contribution in [0.4, 0.5) is 0 Å². The fraction of sp³-hybridized carbons (Fsp3) is 0.444. The van der Waals surface area contributed by atoms with Gasteiger partial charge < -0.3 is 13.8 Å². The molecule has 1 atom stereocenters. The van der Waals surface area contributed by atoms with Gasteiger partial charge in [0.1, 0.15) is 0 Å². The van der Waals surface area contributed by atoms with Crippen LogP contribution in [-0.4, -0.2) is 44.2 Å². The predicted octanol–water partition coefficient (Wildman–Crippen LogP) is 2.78. The lowest BCUT2D eigenvalue weighted by molar-refractivity contribution is -0.132. The minimum atomic E-state index is 0.181. The van der Waals surface area contributed by atoms with Gasteiger partial charge in [-0.15, -0.1) is 0 Å². The maximum atomic E-state index is 12.5. The van der Waals surface area contributed by atoms with Crippen LogP contribution in [0.15, 0.2) is 39.6 Å². The Morgan fingerprint density at radius 2 is 2.35 bits per heavy atom. The van der Waals surface area contributed by atoms with Crippen LogP contribution in [0, 0.1) is 0 Å². The Morgan fingerprint density at radius 3 is 3.15 bits per heavy atom. The second-order valence-electron chi connectivity index (χ2n) is 6.53. The van der Waals surface area contributed by atoms with E-state index in [1.54, 1.807) is 24.6 Å². The van der Waals surface area contributed by atoms with Crippen molar-refractivity contribution in [2.45, 2.75) is 38.0 Å². The number of hydrogen-bond acceptors (Lipinski definition) is 6. The number of furan rings is 1. The van der Waals surface area contributed by atoms with Gasteiger partial charge in [-0.25, -0.2) is 0 Å². The SMILES string of the molecule is O=C(CCCc1nc(-c2ccco2)no1)N1CCC[C@@H](c2ccn[nH]2)C1. The molecule has 1 aliphatic rings. The van der Waals surface area contributed by atoms with Gasteiger partial charge >= 0.3 is 0 Å². The smallest absolute Gasteiger partial charge is 0.238 e. The Hall–Kier alpha value is -2.90. The van der Waals surface area contributed by atoms with E-state index in [4.69, 9.17) is 8.94 Å². The monoisotopic (exact) mass is 355 g/mol. The van der Waals surface area contributed by atoms with E-state index in [2.05, 4.69) is 20.3 Å². The molecule has 0 unspecified atom stereocenters. The van der Waals surface area contributed by atoms with E-state index in [9.17, 15) is 4.79 Å². The number of piperidine rings is 1. The number of aromatic amines is 1. The Morgan fingerprint density at radius 1 is 1.38 bits per heavy atom. The van der Waals surface area contributed by atoms with Gasteiger partial charge in [-0.05, 0) is 37.5 Å². The lowest BCUT2D eigenvalue weighted by atomic mass is 9.94. The summed E-state index contributed by atoms with van der Waals surface area (Å²) >= 11 is 0. The van der Waals surface area contributed by atoms with Crippen molar-refractivity contribution < 1.29 is 13.7 Å². The lowest BCUT2D eigenvalue weighted by Gasteiger charge is -2.32.